The second kappa shape index (κ2) is 8.34. The summed E-state index contributed by atoms with van der Waals surface area (Å²) in [6.07, 6.45) is 3.27. The summed E-state index contributed by atoms with van der Waals surface area (Å²) in [6, 6.07) is 12.3. The standard InChI is InChI=1S/C16H15BrN2O5S/c1-13-4-10-16(11-5-13)25(22,23)19(17)24-12-2-3-14-6-8-15(9-7-14)18(20)21/h2-11H,12H2,1H3/b3-2+. The second-order valence-electron chi connectivity index (χ2n) is 5.05. The van der Waals surface area contributed by atoms with E-state index in [9.17, 15) is 18.5 Å². The molecule has 0 aromatic heterocycles. The lowest BCUT2D eigenvalue weighted by atomic mass is 10.2. The molecule has 0 saturated carbocycles. The Labute approximate surface area is 154 Å². The lowest BCUT2D eigenvalue weighted by molar-refractivity contribution is -0.384. The number of benzene rings is 2. The normalized spacial score (nSPS) is 12.0. The number of nitro groups is 1. The summed E-state index contributed by atoms with van der Waals surface area (Å²) in [5.74, 6) is 0. The highest BCUT2D eigenvalue weighted by Gasteiger charge is 2.22. The molecular weight excluding hydrogens is 412 g/mol. The fourth-order valence-corrected chi connectivity index (χ4v) is 3.32. The van der Waals surface area contributed by atoms with E-state index in [2.05, 4.69) is 16.1 Å². The van der Waals surface area contributed by atoms with Crippen molar-refractivity contribution in [1.29, 1.82) is 0 Å². The van der Waals surface area contributed by atoms with Gasteiger partial charge in [-0.1, -0.05) is 29.8 Å². The van der Waals surface area contributed by atoms with Crippen LogP contribution in [0.3, 0.4) is 0 Å². The van der Waals surface area contributed by atoms with Gasteiger partial charge < -0.3 is 0 Å². The van der Waals surface area contributed by atoms with Crippen molar-refractivity contribution in [2.75, 3.05) is 6.61 Å². The second-order valence-corrected chi connectivity index (χ2v) is 7.91. The molecular formula is C16H15BrN2O5S. The number of non-ortho nitro benzene ring substituents is 1. The van der Waals surface area contributed by atoms with Gasteiger partial charge in [-0.2, -0.15) is 0 Å². The summed E-state index contributed by atoms with van der Waals surface area (Å²) >= 11 is 2.88. The summed E-state index contributed by atoms with van der Waals surface area (Å²) in [4.78, 5) is 15.3. The van der Waals surface area contributed by atoms with E-state index >= 15 is 0 Å². The minimum Gasteiger partial charge on any atom is -0.269 e. The Balaban J connectivity index is 1.94. The van der Waals surface area contributed by atoms with E-state index in [-0.39, 0.29) is 17.2 Å². The van der Waals surface area contributed by atoms with Gasteiger partial charge in [0.1, 0.15) is 0 Å². The van der Waals surface area contributed by atoms with E-state index in [4.69, 9.17) is 4.84 Å². The molecule has 132 valence electrons. The molecule has 0 fully saturated rings. The topological polar surface area (TPSA) is 89.8 Å². The van der Waals surface area contributed by atoms with Crippen LogP contribution in [0.5, 0.6) is 0 Å². The fraction of sp³-hybridized carbons (Fsp3) is 0.125. The molecule has 0 saturated heterocycles. The van der Waals surface area contributed by atoms with Gasteiger partial charge in [-0.15, -0.1) is 0 Å². The lowest BCUT2D eigenvalue weighted by Gasteiger charge is -2.13. The maximum absolute atomic E-state index is 12.3. The van der Waals surface area contributed by atoms with Crippen LogP contribution in [0.2, 0.25) is 0 Å². The van der Waals surface area contributed by atoms with Crippen LogP contribution in [0, 0.1) is 17.0 Å². The minimum absolute atomic E-state index is 0.00391. The molecule has 25 heavy (non-hydrogen) atoms. The molecule has 0 N–H and O–H groups in total. The maximum atomic E-state index is 12.3. The van der Waals surface area contributed by atoms with Crippen molar-refractivity contribution < 1.29 is 18.2 Å². The molecule has 0 unspecified atom stereocenters. The molecule has 9 heteroatoms. The number of hydrogen-bond acceptors (Lipinski definition) is 5. The van der Waals surface area contributed by atoms with Gasteiger partial charge in [0.15, 0.2) is 0 Å². The number of hydrogen-bond donors (Lipinski definition) is 0. The summed E-state index contributed by atoms with van der Waals surface area (Å²) in [5, 5.41) is 10.6. The van der Waals surface area contributed by atoms with Crippen molar-refractivity contribution >= 4 is 37.9 Å². The predicted octanol–water partition coefficient (Wildman–Crippen LogP) is 3.85. The van der Waals surface area contributed by atoms with Gasteiger partial charge in [-0.05, 0) is 40.2 Å². The third kappa shape index (κ3) is 5.20. The largest absolute Gasteiger partial charge is 0.275 e. The van der Waals surface area contributed by atoms with E-state index in [1.165, 1.54) is 24.3 Å². The number of rotatable bonds is 7. The third-order valence-corrected chi connectivity index (χ3v) is 5.89. The molecule has 2 aromatic carbocycles. The molecule has 0 amide bonds. The van der Waals surface area contributed by atoms with Gasteiger partial charge in [0, 0.05) is 12.1 Å². The molecule has 0 heterocycles. The Kier molecular flexibility index (Phi) is 6.43. The molecule has 0 radical (unpaired) electrons. The average molecular weight is 427 g/mol. The van der Waals surface area contributed by atoms with E-state index in [1.807, 2.05) is 6.92 Å². The van der Waals surface area contributed by atoms with Gasteiger partial charge in [0.2, 0.25) is 0 Å². The Morgan fingerprint density at radius 1 is 1.16 bits per heavy atom. The van der Waals surface area contributed by atoms with E-state index < -0.39 is 14.9 Å². The zero-order chi connectivity index (χ0) is 18.4. The van der Waals surface area contributed by atoms with Crippen molar-refractivity contribution in [1.82, 2.24) is 3.49 Å². The summed E-state index contributed by atoms with van der Waals surface area (Å²) in [7, 11) is -3.80. The first-order chi connectivity index (χ1) is 11.8. The zero-order valence-corrected chi connectivity index (χ0v) is 15.6. The van der Waals surface area contributed by atoms with Crippen molar-refractivity contribution in [2.45, 2.75) is 11.8 Å². The summed E-state index contributed by atoms with van der Waals surface area (Å²) in [5.41, 5.74) is 1.69. The highest BCUT2D eigenvalue weighted by atomic mass is 79.9. The molecule has 2 rings (SSSR count). The van der Waals surface area contributed by atoms with E-state index in [1.54, 1.807) is 36.4 Å². The Morgan fingerprint density at radius 2 is 1.76 bits per heavy atom. The zero-order valence-electron chi connectivity index (χ0n) is 13.2. The van der Waals surface area contributed by atoms with Crippen LogP contribution in [0.25, 0.3) is 6.08 Å². The number of sulfonamides is 1. The lowest BCUT2D eigenvalue weighted by Crippen LogP contribution is -2.22. The first kappa shape index (κ1) is 19.3. The first-order valence-electron chi connectivity index (χ1n) is 7.12. The first-order valence-corrected chi connectivity index (χ1v) is 9.27. The van der Waals surface area contributed by atoms with Gasteiger partial charge in [-0.3, -0.25) is 15.0 Å². The van der Waals surface area contributed by atoms with E-state index in [0.717, 1.165) is 11.1 Å². The quantitative estimate of drug-likeness (QED) is 0.381. The smallest absolute Gasteiger partial charge is 0.269 e. The van der Waals surface area contributed by atoms with Gasteiger partial charge in [0.25, 0.3) is 15.7 Å². The Bertz CT molecular complexity index is 864. The highest BCUT2D eigenvalue weighted by Crippen LogP contribution is 2.20. The van der Waals surface area contributed by atoms with Crippen LogP contribution in [0.15, 0.2) is 59.5 Å². The van der Waals surface area contributed by atoms with Crippen LogP contribution >= 0.6 is 16.1 Å². The van der Waals surface area contributed by atoms with Crippen molar-refractivity contribution in [3.05, 3.63) is 75.8 Å². The summed E-state index contributed by atoms with van der Waals surface area (Å²) in [6.45, 7) is 1.86. The molecule has 0 atom stereocenters. The van der Waals surface area contributed by atoms with Crippen LogP contribution in [0.1, 0.15) is 11.1 Å². The number of nitro benzene ring substituents is 1. The molecule has 7 nitrogen and oxygen atoms in total. The third-order valence-electron chi connectivity index (χ3n) is 3.19. The fourth-order valence-electron chi connectivity index (χ4n) is 1.86. The highest BCUT2D eigenvalue weighted by molar-refractivity contribution is 9.08. The summed E-state index contributed by atoms with van der Waals surface area (Å²) < 4.78 is 25.2. The molecule has 0 aliphatic rings. The molecule has 0 aliphatic carbocycles. The average Bonchev–Trinajstić information content (AvgIpc) is 2.59. The maximum Gasteiger partial charge on any atom is 0.275 e. The monoisotopic (exact) mass is 426 g/mol. The van der Waals surface area contributed by atoms with Crippen molar-refractivity contribution in [3.8, 4) is 0 Å². The van der Waals surface area contributed by atoms with Crippen molar-refractivity contribution in [2.24, 2.45) is 0 Å². The van der Waals surface area contributed by atoms with Gasteiger partial charge >= 0.3 is 0 Å². The predicted molar refractivity (Wildman–Crippen MR) is 97.2 cm³/mol. The SMILES string of the molecule is Cc1ccc(S(=O)(=O)N(Br)OC/C=C/c2ccc([N+](=O)[O-])cc2)cc1. The van der Waals surface area contributed by atoms with Crippen LogP contribution in [-0.2, 0) is 14.9 Å². The molecule has 0 bridgehead atoms. The van der Waals surface area contributed by atoms with E-state index in [0.29, 0.717) is 3.49 Å². The molecule has 0 aliphatic heterocycles. The van der Waals surface area contributed by atoms with Crippen molar-refractivity contribution in [3.63, 3.8) is 0 Å². The van der Waals surface area contributed by atoms with Gasteiger partial charge in [0.05, 0.1) is 32.6 Å². The Hall–Kier alpha value is -2.07. The Morgan fingerprint density at radius 3 is 2.32 bits per heavy atom. The number of aryl methyl sites for hydroxylation is 1. The number of halogens is 1. The number of nitrogens with zero attached hydrogens (tertiary/aromatic N) is 2. The van der Waals surface area contributed by atoms with Crippen LogP contribution in [0.4, 0.5) is 5.69 Å². The molecule has 2 aromatic rings. The molecule has 0 spiro atoms. The van der Waals surface area contributed by atoms with Gasteiger partial charge in [-0.25, -0.2) is 8.42 Å². The minimum atomic E-state index is -3.80. The van der Waals surface area contributed by atoms with Crippen LogP contribution < -0.4 is 0 Å². The van der Waals surface area contributed by atoms with Crippen LogP contribution in [-0.4, -0.2) is 23.4 Å².